The van der Waals surface area contributed by atoms with Crippen molar-refractivity contribution in [1.29, 1.82) is 5.26 Å². The van der Waals surface area contributed by atoms with E-state index in [9.17, 15) is 15.2 Å². The van der Waals surface area contributed by atoms with Crippen molar-refractivity contribution in [3.05, 3.63) is 69.3 Å². The van der Waals surface area contributed by atoms with Crippen LogP contribution in [0.15, 0.2) is 41.2 Å². The summed E-state index contributed by atoms with van der Waals surface area (Å²) < 4.78 is 0. The second-order valence-corrected chi connectivity index (χ2v) is 9.57. The third-order valence-electron chi connectivity index (χ3n) is 5.05. The van der Waals surface area contributed by atoms with Gasteiger partial charge in [0.05, 0.1) is 16.5 Å². The van der Waals surface area contributed by atoms with E-state index >= 15 is 0 Å². The van der Waals surface area contributed by atoms with Crippen molar-refractivity contribution in [3.8, 4) is 11.8 Å². The summed E-state index contributed by atoms with van der Waals surface area (Å²) >= 11 is 0. The van der Waals surface area contributed by atoms with E-state index < -0.39 is 0 Å². The molecule has 0 spiro atoms. The fraction of sp³-hybridized carbons (Fsp3) is 0.320. The normalized spacial score (nSPS) is 12.8. The van der Waals surface area contributed by atoms with Crippen LogP contribution in [0.2, 0.25) is 0 Å². The molecule has 3 rings (SSSR count). The molecule has 30 heavy (non-hydrogen) atoms. The predicted molar refractivity (Wildman–Crippen MR) is 121 cm³/mol. The molecule has 0 amide bonds. The summed E-state index contributed by atoms with van der Waals surface area (Å²) in [6.45, 7) is 12.2. The maximum absolute atomic E-state index is 12.4. The molecule has 0 saturated carbocycles. The van der Waals surface area contributed by atoms with Crippen LogP contribution >= 0.6 is 0 Å². The topological polar surface area (TPSA) is 89.8 Å². The lowest BCUT2D eigenvalue weighted by Crippen LogP contribution is -2.17. The average molecular weight is 402 g/mol. The molecule has 1 heterocycles. The van der Waals surface area contributed by atoms with Crippen molar-refractivity contribution in [2.24, 2.45) is 0 Å². The summed E-state index contributed by atoms with van der Waals surface area (Å²) in [6.07, 6.45) is 1.71. The van der Waals surface area contributed by atoms with E-state index in [-0.39, 0.29) is 33.5 Å². The number of hydrogen-bond donors (Lipinski definition) is 2. The number of H-pyrrole nitrogens is 1. The first-order chi connectivity index (χ1) is 13.9. The molecule has 154 valence electrons. The van der Waals surface area contributed by atoms with Crippen molar-refractivity contribution >= 4 is 22.6 Å². The van der Waals surface area contributed by atoms with Crippen molar-refractivity contribution in [2.75, 3.05) is 0 Å². The SMILES string of the molecule is CC(C)(C)c1cc(C=C(C#N)c2nc3ccccc3c(=O)[nH]2)cc(C(C)(C)C)c1O. The van der Waals surface area contributed by atoms with Crippen LogP contribution in [0.4, 0.5) is 0 Å². The highest BCUT2D eigenvalue weighted by atomic mass is 16.3. The quantitative estimate of drug-likeness (QED) is 0.571. The molecule has 1 aromatic heterocycles. The van der Waals surface area contributed by atoms with E-state index in [1.54, 1.807) is 30.3 Å². The van der Waals surface area contributed by atoms with Crippen LogP contribution in [0.5, 0.6) is 5.75 Å². The van der Waals surface area contributed by atoms with Gasteiger partial charge in [-0.25, -0.2) is 4.98 Å². The molecule has 0 radical (unpaired) electrons. The van der Waals surface area contributed by atoms with E-state index in [2.05, 4.69) is 16.0 Å². The highest BCUT2D eigenvalue weighted by Gasteiger charge is 2.26. The van der Waals surface area contributed by atoms with Gasteiger partial charge < -0.3 is 10.1 Å². The minimum Gasteiger partial charge on any atom is -0.507 e. The van der Waals surface area contributed by atoms with Crippen molar-refractivity contribution < 1.29 is 5.11 Å². The Kier molecular flexibility index (Phi) is 5.30. The second-order valence-electron chi connectivity index (χ2n) is 9.57. The van der Waals surface area contributed by atoms with Gasteiger partial charge in [0, 0.05) is 11.1 Å². The molecule has 0 aliphatic heterocycles. The molecule has 0 bridgehead atoms. The number of benzene rings is 2. The molecule has 5 heteroatoms. The number of nitrogens with one attached hydrogen (secondary N) is 1. The zero-order valence-electron chi connectivity index (χ0n) is 18.3. The van der Waals surface area contributed by atoms with Crippen LogP contribution in [0, 0.1) is 11.3 Å². The fourth-order valence-electron chi connectivity index (χ4n) is 3.42. The molecule has 3 aromatic rings. The lowest BCUT2D eigenvalue weighted by molar-refractivity contribution is 0.423. The Morgan fingerprint density at radius 3 is 2.17 bits per heavy atom. The number of rotatable bonds is 2. The van der Waals surface area contributed by atoms with E-state index in [0.717, 1.165) is 16.7 Å². The summed E-state index contributed by atoms with van der Waals surface area (Å²) in [7, 11) is 0. The maximum Gasteiger partial charge on any atom is 0.259 e. The first kappa shape index (κ1) is 21.3. The Morgan fingerprint density at radius 2 is 1.63 bits per heavy atom. The number of phenolic OH excluding ortho intramolecular Hbond substituents is 1. The molecular weight excluding hydrogens is 374 g/mol. The Hall–Kier alpha value is -3.39. The van der Waals surface area contributed by atoms with Crippen LogP contribution in [0.3, 0.4) is 0 Å². The summed E-state index contributed by atoms with van der Waals surface area (Å²) in [5.74, 6) is 0.506. The van der Waals surface area contributed by atoms with Gasteiger partial charge in [0.25, 0.3) is 5.56 Å². The van der Waals surface area contributed by atoms with Gasteiger partial charge in [-0.2, -0.15) is 5.26 Å². The van der Waals surface area contributed by atoms with E-state index in [0.29, 0.717) is 10.9 Å². The number of aromatic amines is 1. The molecular formula is C25H27N3O2. The third kappa shape index (κ3) is 4.13. The first-order valence-electron chi connectivity index (χ1n) is 9.91. The number of nitriles is 1. The highest BCUT2D eigenvalue weighted by molar-refractivity contribution is 5.89. The number of aromatic hydroxyl groups is 1. The summed E-state index contributed by atoms with van der Waals surface area (Å²) in [4.78, 5) is 19.6. The maximum atomic E-state index is 12.4. The van der Waals surface area contributed by atoms with Gasteiger partial charge in [-0.3, -0.25) is 4.79 Å². The Morgan fingerprint density at radius 1 is 1.07 bits per heavy atom. The predicted octanol–water partition coefficient (Wildman–Crippen LogP) is 5.29. The number of para-hydroxylation sites is 1. The lowest BCUT2D eigenvalue weighted by Gasteiger charge is -2.28. The molecule has 5 nitrogen and oxygen atoms in total. The van der Waals surface area contributed by atoms with Crippen molar-refractivity contribution in [3.63, 3.8) is 0 Å². The van der Waals surface area contributed by atoms with Crippen molar-refractivity contribution in [2.45, 2.75) is 52.4 Å². The monoisotopic (exact) mass is 401 g/mol. The van der Waals surface area contributed by atoms with Crippen LogP contribution in [0.25, 0.3) is 22.6 Å². The van der Waals surface area contributed by atoms with Gasteiger partial charge in [-0.15, -0.1) is 0 Å². The van der Waals surface area contributed by atoms with Gasteiger partial charge in [0.2, 0.25) is 0 Å². The Balaban J connectivity index is 2.24. The Bertz CT molecular complexity index is 1210. The number of fused-ring (bicyclic) bond motifs is 1. The standard InChI is InChI=1S/C25H27N3O2/c1-24(2,3)18-12-15(13-19(21(18)29)25(4,5)6)11-16(14-26)22-27-20-10-8-7-9-17(20)23(30)28-22/h7-13,29H,1-6H3,(H,27,28,30). The van der Waals surface area contributed by atoms with E-state index in [1.165, 1.54) is 0 Å². The lowest BCUT2D eigenvalue weighted by atomic mass is 9.78. The fourth-order valence-corrected chi connectivity index (χ4v) is 3.42. The van der Waals surface area contributed by atoms with E-state index in [4.69, 9.17) is 0 Å². The summed E-state index contributed by atoms with van der Waals surface area (Å²) in [5.41, 5.74) is 2.32. The van der Waals surface area contributed by atoms with Crippen LogP contribution in [-0.2, 0) is 10.8 Å². The molecule has 0 atom stereocenters. The zero-order valence-corrected chi connectivity index (χ0v) is 18.3. The van der Waals surface area contributed by atoms with Crippen LogP contribution in [-0.4, -0.2) is 15.1 Å². The van der Waals surface area contributed by atoms with Crippen LogP contribution < -0.4 is 5.56 Å². The number of phenols is 1. The van der Waals surface area contributed by atoms with Crippen LogP contribution in [0.1, 0.15) is 64.1 Å². The Labute approximate surface area is 176 Å². The zero-order chi connectivity index (χ0) is 22.3. The number of aromatic nitrogens is 2. The smallest absolute Gasteiger partial charge is 0.259 e. The second kappa shape index (κ2) is 7.46. The van der Waals surface area contributed by atoms with Gasteiger partial charge in [0.15, 0.2) is 5.82 Å². The first-order valence-corrected chi connectivity index (χ1v) is 9.91. The minimum atomic E-state index is -0.284. The van der Waals surface area contributed by atoms with Gasteiger partial charge in [-0.1, -0.05) is 53.7 Å². The molecule has 0 aliphatic carbocycles. The molecule has 2 N–H and O–H groups in total. The van der Waals surface area contributed by atoms with E-state index in [1.807, 2.05) is 53.7 Å². The van der Waals surface area contributed by atoms with Gasteiger partial charge >= 0.3 is 0 Å². The molecule has 0 saturated heterocycles. The molecule has 0 aliphatic rings. The molecule has 0 fully saturated rings. The average Bonchev–Trinajstić information content (AvgIpc) is 2.65. The van der Waals surface area contributed by atoms with Crippen molar-refractivity contribution in [1.82, 2.24) is 9.97 Å². The third-order valence-corrected chi connectivity index (χ3v) is 5.05. The minimum absolute atomic E-state index is 0.226. The molecule has 0 unspecified atom stereocenters. The van der Waals surface area contributed by atoms with Gasteiger partial charge in [-0.05, 0) is 46.7 Å². The largest absolute Gasteiger partial charge is 0.507 e. The number of nitrogens with zero attached hydrogens (tertiary/aromatic N) is 2. The number of hydrogen-bond acceptors (Lipinski definition) is 4. The summed E-state index contributed by atoms with van der Waals surface area (Å²) in [5, 5.41) is 21.2. The number of allylic oxidation sites excluding steroid dienone is 1. The summed E-state index contributed by atoms with van der Waals surface area (Å²) in [6, 6.07) is 13.0. The van der Waals surface area contributed by atoms with Gasteiger partial charge in [0.1, 0.15) is 11.8 Å². The highest BCUT2D eigenvalue weighted by Crippen LogP contribution is 2.40. The molecule has 2 aromatic carbocycles.